The van der Waals surface area contributed by atoms with E-state index in [0.717, 1.165) is 0 Å². The maximum atomic E-state index is 13.4. The Balaban J connectivity index is 1.17. The predicted molar refractivity (Wildman–Crippen MR) is 187 cm³/mol. The Morgan fingerprint density at radius 3 is 1.60 bits per heavy atom. The number of rotatable bonds is 8. The van der Waals surface area contributed by atoms with Crippen molar-refractivity contribution in [3.8, 4) is 0 Å². The van der Waals surface area contributed by atoms with Gasteiger partial charge in [-0.2, -0.15) is 16.8 Å². The Kier molecular flexibility index (Phi) is 8.66. The number of aryl methyl sites for hydroxylation is 2. The lowest BCUT2D eigenvalue weighted by molar-refractivity contribution is 0.101. The molecule has 0 atom stereocenters. The van der Waals surface area contributed by atoms with E-state index in [1.54, 1.807) is 55.1 Å². The zero-order valence-electron chi connectivity index (χ0n) is 26.2. The van der Waals surface area contributed by atoms with E-state index in [-0.39, 0.29) is 48.9 Å². The average Bonchev–Trinajstić information content (AvgIpc) is 3.60. The van der Waals surface area contributed by atoms with Crippen LogP contribution >= 0.6 is 0 Å². The molecule has 6 N–H and O–H groups in total. The van der Waals surface area contributed by atoms with Crippen LogP contribution in [0.4, 0.5) is 27.5 Å². The van der Waals surface area contributed by atoms with Gasteiger partial charge in [-0.3, -0.25) is 18.7 Å². The number of anilines is 4. The molecular formula is C33H28N6O9S2. The fraction of sp³-hybridized carbons (Fsp3) is 0.0606. The predicted octanol–water partition coefficient (Wildman–Crippen LogP) is 5.31. The van der Waals surface area contributed by atoms with Gasteiger partial charge in [-0.25, -0.2) is 4.79 Å². The molecule has 4 aromatic carbocycles. The fourth-order valence-electron chi connectivity index (χ4n) is 5.59. The van der Waals surface area contributed by atoms with Gasteiger partial charge >= 0.3 is 6.03 Å². The van der Waals surface area contributed by atoms with E-state index < -0.39 is 38.1 Å². The molecule has 0 saturated carbocycles. The van der Waals surface area contributed by atoms with E-state index in [0.29, 0.717) is 16.5 Å². The monoisotopic (exact) mass is 716 g/mol. The van der Waals surface area contributed by atoms with Crippen LogP contribution in [0.15, 0.2) is 107 Å². The Bertz CT molecular complexity index is 2590. The van der Waals surface area contributed by atoms with E-state index >= 15 is 0 Å². The number of nitrogens with zero attached hydrogens (tertiary/aromatic N) is 2. The molecule has 6 rings (SSSR count). The maximum Gasteiger partial charge on any atom is 0.323 e. The molecule has 50 heavy (non-hydrogen) atoms. The highest BCUT2D eigenvalue weighted by molar-refractivity contribution is 7.86. The van der Waals surface area contributed by atoms with Crippen LogP contribution in [-0.2, 0) is 34.3 Å². The van der Waals surface area contributed by atoms with Crippen molar-refractivity contribution in [2.75, 3.05) is 21.3 Å². The van der Waals surface area contributed by atoms with Crippen LogP contribution in [0, 0.1) is 0 Å². The number of nitrogens with one attached hydrogen (secondary N) is 4. The number of amides is 4. The number of aromatic nitrogens is 2. The number of benzene rings is 4. The summed E-state index contributed by atoms with van der Waals surface area (Å²) in [5.74, 6) is -1.17. The molecule has 0 aliphatic rings. The number of carbonyl (C=O) groups excluding carboxylic acids is 3. The highest BCUT2D eigenvalue weighted by atomic mass is 32.2. The summed E-state index contributed by atoms with van der Waals surface area (Å²) >= 11 is 0. The van der Waals surface area contributed by atoms with Crippen LogP contribution in [0.25, 0.3) is 21.5 Å². The number of fused-ring (bicyclic) bond motifs is 2. The molecule has 0 aliphatic heterocycles. The molecule has 0 radical (unpaired) electrons. The van der Waals surface area contributed by atoms with E-state index in [2.05, 4.69) is 21.3 Å². The Labute approximate surface area is 285 Å². The van der Waals surface area contributed by atoms with E-state index in [4.69, 9.17) is 0 Å². The third-order valence-corrected chi connectivity index (χ3v) is 9.59. The zero-order valence-corrected chi connectivity index (χ0v) is 27.8. The van der Waals surface area contributed by atoms with Gasteiger partial charge < -0.3 is 30.4 Å². The summed E-state index contributed by atoms with van der Waals surface area (Å²) in [7, 11) is -5.80. The van der Waals surface area contributed by atoms with Gasteiger partial charge in [-0.1, -0.05) is 48.5 Å². The minimum atomic E-state index is -4.52. The minimum absolute atomic E-state index is 0.0889. The van der Waals surface area contributed by atoms with Crippen LogP contribution in [0.5, 0.6) is 0 Å². The molecular weight excluding hydrogens is 689 g/mol. The highest BCUT2D eigenvalue weighted by Crippen LogP contribution is 2.32. The largest absolute Gasteiger partial charge is 0.354 e. The zero-order chi connectivity index (χ0) is 36.0. The SMILES string of the molecule is Cn1cc(NC(=O)Nc2cc(C(=O)Nc3ccc(S(=O)(=O)O)c4ccccc34)n(C)c2)c(C(=O)Nc2ccc(S(=O)(=O)O)c3ccccc23)c1. The van der Waals surface area contributed by atoms with E-state index in [1.807, 2.05) is 0 Å². The summed E-state index contributed by atoms with van der Waals surface area (Å²) in [5.41, 5.74) is 1.20. The number of hydrogen-bond acceptors (Lipinski definition) is 7. The van der Waals surface area contributed by atoms with Gasteiger partial charge in [0.05, 0.1) is 16.9 Å². The first-order chi connectivity index (χ1) is 23.6. The highest BCUT2D eigenvalue weighted by Gasteiger charge is 2.22. The first-order valence-corrected chi connectivity index (χ1v) is 17.5. The van der Waals surface area contributed by atoms with Crippen molar-refractivity contribution in [2.45, 2.75) is 9.79 Å². The molecule has 0 fully saturated rings. The first-order valence-electron chi connectivity index (χ1n) is 14.6. The second kappa shape index (κ2) is 12.8. The number of carbonyl (C=O) groups is 3. The molecule has 0 aliphatic carbocycles. The van der Waals surface area contributed by atoms with Crippen molar-refractivity contribution in [3.63, 3.8) is 0 Å². The average molecular weight is 717 g/mol. The van der Waals surface area contributed by atoms with Crippen molar-refractivity contribution in [3.05, 3.63) is 109 Å². The molecule has 17 heteroatoms. The van der Waals surface area contributed by atoms with E-state index in [1.165, 1.54) is 65.6 Å². The molecule has 6 aromatic rings. The quantitative estimate of drug-likeness (QED) is 0.112. The molecule has 2 heterocycles. The molecule has 256 valence electrons. The van der Waals surface area contributed by atoms with Crippen molar-refractivity contribution >= 4 is 82.4 Å². The summed E-state index contributed by atoms with van der Waals surface area (Å²) in [6.45, 7) is 0. The van der Waals surface area contributed by atoms with Crippen molar-refractivity contribution < 1.29 is 40.3 Å². The summed E-state index contributed by atoms with van der Waals surface area (Å²) in [4.78, 5) is 39.1. The molecule has 4 amide bonds. The van der Waals surface area contributed by atoms with Crippen LogP contribution in [0.1, 0.15) is 20.8 Å². The Morgan fingerprint density at radius 1 is 0.580 bits per heavy atom. The molecule has 0 bridgehead atoms. The second-order valence-corrected chi connectivity index (χ2v) is 14.0. The molecule has 0 unspecified atom stereocenters. The lowest BCUT2D eigenvalue weighted by atomic mass is 10.1. The molecule has 0 saturated heterocycles. The van der Waals surface area contributed by atoms with Gasteiger partial charge in [-0.05, 0) is 30.3 Å². The first kappa shape index (κ1) is 33.9. The van der Waals surface area contributed by atoms with Crippen molar-refractivity contribution in [2.24, 2.45) is 14.1 Å². The molecule has 2 aromatic heterocycles. The lowest BCUT2D eigenvalue weighted by Gasteiger charge is -2.12. The summed E-state index contributed by atoms with van der Waals surface area (Å²) in [5, 5.41) is 11.9. The second-order valence-electron chi connectivity index (χ2n) is 11.2. The smallest absolute Gasteiger partial charge is 0.323 e. The van der Waals surface area contributed by atoms with Crippen molar-refractivity contribution in [1.29, 1.82) is 0 Å². The lowest BCUT2D eigenvalue weighted by Crippen LogP contribution is -2.21. The number of urea groups is 1. The van der Waals surface area contributed by atoms with Crippen LogP contribution in [0.2, 0.25) is 0 Å². The van der Waals surface area contributed by atoms with Gasteiger partial charge in [0.1, 0.15) is 15.5 Å². The minimum Gasteiger partial charge on any atom is -0.354 e. The van der Waals surface area contributed by atoms with Crippen LogP contribution in [0.3, 0.4) is 0 Å². The van der Waals surface area contributed by atoms with Crippen LogP contribution in [-0.4, -0.2) is 52.9 Å². The third kappa shape index (κ3) is 6.78. The van der Waals surface area contributed by atoms with Gasteiger partial charge in [0.15, 0.2) is 0 Å². The van der Waals surface area contributed by atoms with Gasteiger partial charge in [-0.15, -0.1) is 0 Å². The third-order valence-electron chi connectivity index (χ3n) is 7.76. The molecule has 0 spiro atoms. The van der Waals surface area contributed by atoms with Gasteiger partial charge in [0, 0.05) is 65.6 Å². The topological polar surface area (TPSA) is 218 Å². The summed E-state index contributed by atoms with van der Waals surface area (Å²) in [6.07, 6.45) is 4.49. The van der Waals surface area contributed by atoms with Crippen LogP contribution < -0.4 is 21.3 Å². The normalized spacial score (nSPS) is 11.8. The summed E-state index contributed by atoms with van der Waals surface area (Å²) in [6, 6.07) is 18.5. The van der Waals surface area contributed by atoms with Crippen molar-refractivity contribution in [1.82, 2.24) is 9.13 Å². The van der Waals surface area contributed by atoms with Gasteiger partial charge in [0.25, 0.3) is 32.1 Å². The van der Waals surface area contributed by atoms with Gasteiger partial charge in [0.2, 0.25) is 0 Å². The fourth-order valence-corrected chi connectivity index (χ4v) is 6.99. The Hall–Kier alpha value is -6.01. The van der Waals surface area contributed by atoms with E-state index in [9.17, 15) is 40.3 Å². The number of hydrogen-bond donors (Lipinski definition) is 6. The standard InChI is InChI=1S/C33H28N6O9S2/c1-38-17-24(31(40)35-25-11-13-29(49(43,44)45)22-9-5-3-7-20(22)25)27(18-38)37-33(42)34-19-15-28(39(2)16-19)32(41)36-26-12-14-30(50(46,47)48)23-10-6-4-8-21(23)26/h3-18H,1-2H3,(H,35,40)(H,36,41)(H2,34,37,42)(H,43,44,45)(H,46,47,48). The molecule has 15 nitrogen and oxygen atoms in total. The summed E-state index contributed by atoms with van der Waals surface area (Å²) < 4.78 is 69.7. The Morgan fingerprint density at radius 2 is 1.08 bits per heavy atom. The maximum absolute atomic E-state index is 13.4.